The Morgan fingerprint density at radius 2 is 2.15 bits per heavy atom. The minimum atomic E-state index is 0.704. The highest BCUT2D eigenvalue weighted by atomic mass is 32.2. The Morgan fingerprint density at radius 1 is 1.30 bits per heavy atom. The SMILES string of the molecule is COCCSCc1cc2ccc(OC)cc2nc1NN. The number of hydrogen-bond acceptors (Lipinski definition) is 6. The predicted molar refractivity (Wildman–Crippen MR) is 84.1 cm³/mol. The second-order valence-corrected chi connectivity index (χ2v) is 5.35. The van der Waals surface area contributed by atoms with E-state index in [2.05, 4.69) is 16.5 Å². The summed E-state index contributed by atoms with van der Waals surface area (Å²) in [4.78, 5) is 4.54. The van der Waals surface area contributed by atoms with Crippen LogP contribution in [-0.4, -0.2) is 31.6 Å². The Kier molecular flexibility index (Phi) is 5.46. The van der Waals surface area contributed by atoms with Crippen molar-refractivity contribution in [2.24, 2.45) is 5.84 Å². The molecule has 2 rings (SSSR count). The van der Waals surface area contributed by atoms with Gasteiger partial charge in [0.05, 0.1) is 19.2 Å². The van der Waals surface area contributed by atoms with Crippen LogP contribution in [0.5, 0.6) is 5.75 Å². The Hall–Kier alpha value is -1.50. The van der Waals surface area contributed by atoms with E-state index in [0.29, 0.717) is 5.82 Å². The van der Waals surface area contributed by atoms with E-state index in [4.69, 9.17) is 15.3 Å². The summed E-state index contributed by atoms with van der Waals surface area (Å²) in [6, 6.07) is 7.95. The van der Waals surface area contributed by atoms with Gasteiger partial charge in [-0.2, -0.15) is 11.8 Å². The molecule has 0 unspecified atom stereocenters. The van der Waals surface area contributed by atoms with E-state index in [1.165, 1.54) is 0 Å². The molecule has 0 radical (unpaired) electrons. The van der Waals surface area contributed by atoms with Gasteiger partial charge in [-0.05, 0) is 18.2 Å². The molecule has 5 nitrogen and oxygen atoms in total. The Labute approximate surface area is 122 Å². The second kappa shape index (κ2) is 7.33. The molecule has 0 bridgehead atoms. The van der Waals surface area contributed by atoms with Crippen molar-refractivity contribution in [1.82, 2.24) is 4.98 Å². The topological polar surface area (TPSA) is 69.4 Å². The first kappa shape index (κ1) is 14.9. The smallest absolute Gasteiger partial charge is 0.144 e. The Bertz CT molecular complexity index is 578. The zero-order valence-corrected chi connectivity index (χ0v) is 12.5. The van der Waals surface area contributed by atoms with Gasteiger partial charge in [0, 0.05) is 35.6 Å². The van der Waals surface area contributed by atoms with E-state index in [0.717, 1.165) is 40.3 Å². The summed E-state index contributed by atoms with van der Waals surface area (Å²) in [6.45, 7) is 0.744. The molecule has 0 spiro atoms. The Morgan fingerprint density at radius 3 is 2.85 bits per heavy atom. The van der Waals surface area contributed by atoms with E-state index in [9.17, 15) is 0 Å². The number of hydrazine groups is 1. The number of methoxy groups -OCH3 is 2. The van der Waals surface area contributed by atoms with Gasteiger partial charge in [-0.1, -0.05) is 0 Å². The number of anilines is 1. The lowest BCUT2D eigenvalue weighted by atomic mass is 10.1. The quantitative estimate of drug-likeness (QED) is 0.464. The van der Waals surface area contributed by atoms with Crippen LogP contribution < -0.4 is 16.0 Å². The van der Waals surface area contributed by atoms with Crippen LogP contribution in [0.25, 0.3) is 10.9 Å². The maximum atomic E-state index is 5.56. The van der Waals surface area contributed by atoms with Crippen LogP contribution in [0.2, 0.25) is 0 Å². The number of nitrogens with zero attached hydrogens (tertiary/aromatic N) is 1. The average molecular weight is 293 g/mol. The molecule has 0 aliphatic heterocycles. The molecule has 1 heterocycles. The predicted octanol–water partition coefficient (Wildman–Crippen LogP) is 2.41. The van der Waals surface area contributed by atoms with Gasteiger partial charge < -0.3 is 14.9 Å². The van der Waals surface area contributed by atoms with Crippen LogP contribution in [0, 0.1) is 0 Å². The molecular weight excluding hydrogens is 274 g/mol. The highest BCUT2D eigenvalue weighted by molar-refractivity contribution is 7.98. The zero-order valence-electron chi connectivity index (χ0n) is 11.7. The molecule has 0 saturated carbocycles. The van der Waals surface area contributed by atoms with Gasteiger partial charge in [0.15, 0.2) is 0 Å². The van der Waals surface area contributed by atoms with Crippen molar-refractivity contribution in [1.29, 1.82) is 0 Å². The van der Waals surface area contributed by atoms with Crippen LogP contribution in [0.15, 0.2) is 24.3 Å². The molecule has 0 saturated heterocycles. The van der Waals surface area contributed by atoms with Crippen LogP contribution in [-0.2, 0) is 10.5 Å². The fourth-order valence-corrected chi connectivity index (χ4v) is 2.75. The first-order chi connectivity index (χ1) is 9.78. The molecule has 108 valence electrons. The third-order valence-corrected chi connectivity index (χ3v) is 3.90. The summed E-state index contributed by atoms with van der Waals surface area (Å²) in [5, 5.41) is 1.08. The van der Waals surface area contributed by atoms with E-state index in [1.807, 2.05) is 18.2 Å². The monoisotopic (exact) mass is 293 g/mol. The van der Waals surface area contributed by atoms with Crippen molar-refractivity contribution in [3.05, 3.63) is 29.8 Å². The summed E-state index contributed by atoms with van der Waals surface area (Å²) in [5.41, 5.74) is 4.62. The molecule has 0 aliphatic carbocycles. The van der Waals surface area contributed by atoms with Gasteiger partial charge in [-0.25, -0.2) is 10.8 Å². The molecular formula is C14H19N3O2S. The number of benzene rings is 1. The van der Waals surface area contributed by atoms with Crippen molar-refractivity contribution < 1.29 is 9.47 Å². The second-order valence-electron chi connectivity index (χ2n) is 4.24. The largest absolute Gasteiger partial charge is 0.497 e. The summed E-state index contributed by atoms with van der Waals surface area (Å²) >= 11 is 1.79. The first-order valence-corrected chi connectivity index (χ1v) is 7.45. The fourth-order valence-electron chi connectivity index (χ4n) is 1.88. The number of nitrogen functional groups attached to an aromatic ring is 1. The number of ether oxygens (including phenoxy) is 2. The molecule has 1 aromatic carbocycles. The third-order valence-electron chi connectivity index (χ3n) is 2.93. The lowest BCUT2D eigenvalue weighted by Gasteiger charge is -2.10. The number of thioether (sulfide) groups is 1. The molecule has 2 aromatic rings. The minimum absolute atomic E-state index is 0.704. The van der Waals surface area contributed by atoms with Crippen LogP contribution in [0.4, 0.5) is 5.82 Å². The highest BCUT2D eigenvalue weighted by Crippen LogP contribution is 2.26. The molecule has 0 atom stereocenters. The maximum absolute atomic E-state index is 5.56. The number of rotatable bonds is 7. The van der Waals surface area contributed by atoms with E-state index >= 15 is 0 Å². The highest BCUT2D eigenvalue weighted by Gasteiger charge is 2.07. The van der Waals surface area contributed by atoms with Crippen molar-refractivity contribution in [2.75, 3.05) is 32.0 Å². The lowest BCUT2D eigenvalue weighted by Crippen LogP contribution is -2.11. The van der Waals surface area contributed by atoms with Crippen LogP contribution in [0.3, 0.4) is 0 Å². The molecule has 6 heteroatoms. The zero-order chi connectivity index (χ0) is 14.4. The maximum Gasteiger partial charge on any atom is 0.144 e. The van der Waals surface area contributed by atoms with Crippen LogP contribution in [0.1, 0.15) is 5.56 Å². The average Bonchev–Trinajstić information content (AvgIpc) is 2.50. The van der Waals surface area contributed by atoms with Crippen LogP contribution >= 0.6 is 11.8 Å². The Balaban J connectivity index is 2.25. The van der Waals surface area contributed by atoms with Crippen molar-refractivity contribution in [2.45, 2.75) is 5.75 Å². The molecule has 1 aromatic heterocycles. The number of pyridine rings is 1. The summed E-state index contributed by atoms with van der Waals surface area (Å²) in [6.07, 6.45) is 0. The van der Waals surface area contributed by atoms with Crippen molar-refractivity contribution in [3.63, 3.8) is 0 Å². The molecule has 0 fully saturated rings. The number of aromatic nitrogens is 1. The summed E-state index contributed by atoms with van der Waals surface area (Å²) in [5.74, 6) is 8.85. The van der Waals surface area contributed by atoms with Gasteiger partial charge in [0.2, 0.25) is 0 Å². The van der Waals surface area contributed by atoms with Gasteiger partial charge in [-0.15, -0.1) is 0 Å². The number of hydrogen-bond donors (Lipinski definition) is 2. The normalized spacial score (nSPS) is 10.8. The molecule has 20 heavy (non-hydrogen) atoms. The van der Waals surface area contributed by atoms with Gasteiger partial charge in [-0.3, -0.25) is 0 Å². The third kappa shape index (κ3) is 3.53. The van der Waals surface area contributed by atoms with Gasteiger partial charge in [0.25, 0.3) is 0 Å². The summed E-state index contributed by atoms with van der Waals surface area (Å²) in [7, 11) is 3.35. The lowest BCUT2D eigenvalue weighted by molar-refractivity contribution is 0.218. The van der Waals surface area contributed by atoms with Crippen molar-refractivity contribution in [3.8, 4) is 5.75 Å². The van der Waals surface area contributed by atoms with E-state index < -0.39 is 0 Å². The first-order valence-electron chi connectivity index (χ1n) is 6.29. The van der Waals surface area contributed by atoms with Gasteiger partial charge >= 0.3 is 0 Å². The number of nitrogens with two attached hydrogens (primary N) is 1. The molecule has 0 amide bonds. The van der Waals surface area contributed by atoms with E-state index in [1.54, 1.807) is 26.0 Å². The summed E-state index contributed by atoms with van der Waals surface area (Å²) < 4.78 is 10.2. The number of nitrogens with one attached hydrogen (secondary N) is 1. The standard InChI is InChI=1S/C14H19N3O2S/c1-18-5-6-20-9-11-7-10-3-4-12(19-2)8-13(10)16-14(11)17-15/h3-4,7-8H,5-6,9,15H2,1-2H3,(H,16,17). The molecule has 0 aliphatic rings. The molecule has 3 N–H and O–H groups in total. The van der Waals surface area contributed by atoms with E-state index in [-0.39, 0.29) is 0 Å². The van der Waals surface area contributed by atoms with Gasteiger partial charge in [0.1, 0.15) is 11.6 Å². The fraction of sp³-hybridized carbons (Fsp3) is 0.357. The number of fused-ring (bicyclic) bond motifs is 1. The minimum Gasteiger partial charge on any atom is -0.497 e. The van der Waals surface area contributed by atoms with Crippen molar-refractivity contribution >= 4 is 28.5 Å².